The van der Waals surface area contributed by atoms with E-state index in [1.165, 1.54) is 16.5 Å². The minimum absolute atomic E-state index is 0.0903. The maximum atomic E-state index is 15.5. The van der Waals surface area contributed by atoms with Crippen LogP contribution in [0.2, 0.25) is 5.02 Å². The molecule has 4 aromatic rings. The molecule has 0 spiro atoms. The summed E-state index contributed by atoms with van der Waals surface area (Å²) in [6.07, 6.45) is 4.57. The number of nitrogens with zero attached hydrogens (tertiary/aromatic N) is 4. The van der Waals surface area contributed by atoms with Crippen LogP contribution in [0.5, 0.6) is 0 Å². The predicted molar refractivity (Wildman–Crippen MR) is 141 cm³/mol. The van der Waals surface area contributed by atoms with Gasteiger partial charge in [0.1, 0.15) is 18.9 Å². The topological polar surface area (TPSA) is 52.7 Å². The van der Waals surface area contributed by atoms with Crippen molar-refractivity contribution in [2.45, 2.75) is 51.7 Å². The summed E-state index contributed by atoms with van der Waals surface area (Å²) in [5.41, 5.74) is 1.18. The molecule has 0 atom stereocenters. The first-order valence-electron chi connectivity index (χ1n) is 10.9. The van der Waals surface area contributed by atoms with Crippen molar-refractivity contribution in [2.24, 2.45) is 0 Å². The zero-order valence-electron chi connectivity index (χ0n) is 19.1. The molecule has 1 aliphatic rings. The Kier molecular flexibility index (Phi) is 8.08. The molecule has 5 nitrogen and oxygen atoms in total. The van der Waals surface area contributed by atoms with E-state index in [1.54, 1.807) is 28.2 Å². The quantitative estimate of drug-likeness (QED) is 0.247. The molecular weight excluding hydrogens is 478 g/mol. The summed E-state index contributed by atoms with van der Waals surface area (Å²) in [5.74, 6) is -0.593. The van der Waals surface area contributed by atoms with Gasteiger partial charge in [-0.2, -0.15) is 0 Å². The van der Waals surface area contributed by atoms with Crippen LogP contribution in [0.4, 0.5) is 4.39 Å². The van der Waals surface area contributed by atoms with Crippen LogP contribution < -0.4 is 11.2 Å². The smallest absolute Gasteiger partial charge is 0.255 e. The van der Waals surface area contributed by atoms with Crippen molar-refractivity contribution in [1.29, 1.82) is 0 Å². The fourth-order valence-electron chi connectivity index (χ4n) is 3.46. The number of fused-ring (bicyclic) bond motifs is 2. The van der Waals surface area contributed by atoms with E-state index < -0.39 is 5.82 Å². The molecule has 10 heteroatoms. The van der Waals surface area contributed by atoms with Crippen LogP contribution in [0.1, 0.15) is 47.0 Å². The molecule has 0 unspecified atom stereocenters. The zero-order valence-corrected chi connectivity index (χ0v) is 21.5. The lowest BCUT2D eigenvalue weighted by molar-refractivity contribution is 0.642. The van der Waals surface area contributed by atoms with Gasteiger partial charge >= 0.3 is 5.69 Å². The first-order chi connectivity index (χ1) is 15.9. The summed E-state index contributed by atoms with van der Waals surface area (Å²) in [5, 5.41) is 4.15. The second-order valence-corrected chi connectivity index (χ2v) is 9.67. The van der Waals surface area contributed by atoms with Crippen molar-refractivity contribution >= 4 is 69.6 Å². The fourth-order valence-corrected chi connectivity index (χ4v) is 5.59. The maximum Gasteiger partial charge on any atom is 0.344 e. The van der Waals surface area contributed by atoms with E-state index in [1.807, 2.05) is 33.8 Å². The van der Waals surface area contributed by atoms with Crippen LogP contribution in [0, 0.1) is 5.82 Å². The molecule has 2 heterocycles. The second kappa shape index (κ2) is 10.4. The molecule has 33 heavy (non-hydrogen) atoms. The summed E-state index contributed by atoms with van der Waals surface area (Å²) < 4.78 is 22.7. The molecule has 172 valence electrons. The van der Waals surface area contributed by atoms with Crippen molar-refractivity contribution in [3.63, 3.8) is 0 Å². The molecule has 2 aromatic carbocycles. The van der Waals surface area contributed by atoms with E-state index in [0.717, 1.165) is 30.8 Å². The minimum atomic E-state index is -0.593. The molecule has 2 aromatic heterocycles. The van der Waals surface area contributed by atoms with Gasteiger partial charge in [-0.1, -0.05) is 61.4 Å². The number of imidazole rings is 1. The van der Waals surface area contributed by atoms with E-state index in [9.17, 15) is 4.79 Å². The van der Waals surface area contributed by atoms with Crippen molar-refractivity contribution in [1.82, 2.24) is 18.1 Å². The molecular formula is C23H25BClFN4OS2. The molecule has 0 saturated heterocycles. The van der Waals surface area contributed by atoms with Crippen LogP contribution in [-0.4, -0.2) is 30.7 Å². The Hall–Kier alpha value is -2.10. The summed E-state index contributed by atoms with van der Waals surface area (Å²) in [6.45, 7) is 11.8. The Morgan fingerprint density at radius 1 is 1.30 bits per heavy atom. The van der Waals surface area contributed by atoms with Gasteiger partial charge in [-0.3, -0.25) is 4.57 Å². The molecule has 1 saturated carbocycles. The van der Waals surface area contributed by atoms with Crippen molar-refractivity contribution < 1.29 is 4.39 Å². The van der Waals surface area contributed by atoms with Crippen molar-refractivity contribution in [3.8, 4) is 5.69 Å². The van der Waals surface area contributed by atoms with E-state index in [-0.39, 0.29) is 26.5 Å². The number of hydrogen-bond acceptors (Lipinski definition) is 5. The predicted octanol–water partition coefficient (Wildman–Crippen LogP) is 6.04. The molecule has 1 aliphatic carbocycles. The lowest BCUT2D eigenvalue weighted by Crippen LogP contribution is -2.23. The Labute approximate surface area is 207 Å². The third-order valence-corrected chi connectivity index (χ3v) is 7.54. The number of allylic oxidation sites excluding steroid dienone is 1. The van der Waals surface area contributed by atoms with Gasteiger partial charge in [-0.15, -0.1) is 11.7 Å². The van der Waals surface area contributed by atoms with Crippen LogP contribution >= 0.6 is 35.1 Å². The van der Waals surface area contributed by atoms with Gasteiger partial charge in [0.2, 0.25) is 0 Å². The lowest BCUT2D eigenvalue weighted by atomic mass is 9.96. The third-order valence-electron chi connectivity index (χ3n) is 5.07. The van der Waals surface area contributed by atoms with Gasteiger partial charge < -0.3 is 0 Å². The van der Waals surface area contributed by atoms with E-state index in [2.05, 4.69) is 16.2 Å². The van der Waals surface area contributed by atoms with Crippen LogP contribution in [-0.2, 0) is 0 Å². The Morgan fingerprint density at radius 2 is 2.00 bits per heavy atom. The van der Waals surface area contributed by atoms with Crippen molar-refractivity contribution in [3.05, 3.63) is 58.2 Å². The van der Waals surface area contributed by atoms with Gasteiger partial charge in [0.15, 0.2) is 5.82 Å². The van der Waals surface area contributed by atoms with Gasteiger partial charge in [-0.25, -0.2) is 13.2 Å². The minimum Gasteiger partial charge on any atom is -0.255 e. The van der Waals surface area contributed by atoms with Crippen LogP contribution in [0.3, 0.4) is 0 Å². The third kappa shape index (κ3) is 4.63. The lowest BCUT2D eigenvalue weighted by Gasteiger charge is -2.12. The first-order valence-corrected chi connectivity index (χ1v) is 12.8. The Bertz CT molecular complexity index is 1360. The Morgan fingerprint density at radius 3 is 2.61 bits per heavy atom. The first kappa shape index (κ1) is 25.5. The van der Waals surface area contributed by atoms with Gasteiger partial charge in [-0.05, 0) is 60.9 Å². The van der Waals surface area contributed by atoms with Gasteiger partial charge in [0.25, 0.3) is 0 Å². The second-order valence-electron chi connectivity index (χ2n) is 7.07. The molecule has 2 radical (unpaired) electrons. The monoisotopic (exact) mass is 502 g/mol. The summed E-state index contributed by atoms with van der Waals surface area (Å²) in [6, 6.07) is 6.55. The summed E-state index contributed by atoms with van der Waals surface area (Å²) in [7, 11) is 5.80. The fraction of sp³-hybridized carbons (Fsp3) is 0.348. The van der Waals surface area contributed by atoms with E-state index in [0.29, 0.717) is 21.4 Å². The SMILES string of the molecule is CC.CC.[B]c1ccc(-n2c(=O)n(SC3(CC=C)CC3)c3cc4snnc4c(F)c32)c(Cl)c1. The highest BCUT2D eigenvalue weighted by atomic mass is 35.5. The summed E-state index contributed by atoms with van der Waals surface area (Å²) in [4.78, 5) is 13.5. The molecule has 0 amide bonds. The molecule has 0 aliphatic heterocycles. The normalized spacial score (nSPS) is 13.8. The highest BCUT2D eigenvalue weighted by Crippen LogP contribution is 2.52. The zero-order chi connectivity index (χ0) is 24.3. The highest BCUT2D eigenvalue weighted by Gasteiger charge is 2.44. The number of aromatic nitrogens is 4. The number of rotatable bonds is 5. The van der Waals surface area contributed by atoms with Gasteiger partial charge in [0.05, 0.1) is 20.9 Å². The largest absolute Gasteiger partial charge is 0.344 e. The van der Waals surface area contributed by atoms with Crippen molar-refractivity contribution in [2.75, 3.05) is 0 Å². The highest BCUT2D eigenvalue weighted by molar-refractivity contribution is 7.99. The van der Waals surface area contributed by atoms with Gasteiger partial charge in [0, 0.05) is 4.75 Å². The van der Waals surface area contributed by atoms with Crippen LogP contribution in [0.15, 0.2) is 41.7 Å². The average molecular weight is 503 g/mol. The number of hydrogen-bond donors (Lipinski definition) is 0. The number of halogens is 2. The molecule has 5 rings (SSSR count). The van der Waals surface area contributed by atoms with E-state index >= 15 is 4.39 Å². The molecule has 0 N–H and O–H groups in total. The standard InChI is InChI=1S/C19H13BClFN4OS2.2C2H6/c1-2-5-19(6-7-19)29-26-13-9-14-16(23-24-28-14)15(22)17(13)25(18(26)27)12-4-3-10(20)8-11(12)21;2*1-2/h2-4,8-9H,1,5-7H2;2*1-2H3. The Balaban J connectivity index is 0.000000728. The summed E-state index contributed by atoms with van der Waals surface area (Å²) >= 11 is 8.89. The number of benzene rings is 2. The average Bonchev–Trinajstić information content (AvgIpc) is 3.30. The molecule has 1 fully saturated rings. The maximum absolute atomic E-state index is 15.5. The van der Waals surface area contributed by atoms with Crippen LogP contribution in [0.25, 0.3) is 26.9 Å². The molecule has 0 bridgehead atoms. The van der Waals surface area contributed by atoms with E-state index in [4.69, 9.17) is 19.4 Å².